The monoisotopic (exact) mass is 474 g/mol. The summed E-state index contributed by atoms with van der Waals surface area (Å²) in [5.74, 6) is 1.81. The Balaban J connectivity index is 1.47. The SMILES string of the molecule is CCC(C)(C)N1CC[C@H](n2nc(-c3ccc(Oc4ccccc4)cc3)c3c(N)ncnc32)[C@@H](F)C1. The molecule has 0 unspecified atom stereocenters. The first-order valence-corrected chi connectivity index (χ1v) is 12.1. The minimum Gasteiger partial charge on any atom is -0.457 e. The predicted octanol–water partition coefficient (Wildman–Crippen LogP) is 5.64. The Morgan fingerprint density at radius 3 is 2.46 bits per heavy atom. The van der Waals surface area contributed by atoms with E-state index in [0.717, 1.165) is 24.3 Å². The Morgan fingerprint density at radius 2 is 1.77 bits per heavy atom. The molecule has 4 aromatic rings. The molecule has 0 bridgehead atoms. The van der Waals surface area contributed by atoms with Crippen LogP contribution in [0.2, 0.25) is 0 Å². The zero-order valence-electron chi connectivity index (χ0n) is 20.4. The number of para-hydroxylation sites is 1. The molecule has 8 heteroatoms. The van der Waals surface area contributed by atoms with Gasteiger partial charge in [0.25, 0.3) is 0 Å². The van der Waals surface area contributed by atoms with Gasteiger partial charge in [0, 0.05) is 24.2 Å². The van der Waals surface area contributed by atoms with E-state index in [0.29, 0.717) is 41.3 Å². The standard InChI is InChI=1S/C27H31FN6O/c1-4-27(2,3)33-15-14-22(21(28)16-33)34-26-23(25(29)30-17-31-26)24(32-34)18-10-12-20(13-11-18)35-19-8-6-5-7-9-19/h5-13,17,21-22H,4,14-16H2,1-3H3,(H2,29,30,31)/t21-,22-/m0/s1. The highest BCUT2D eigenvalue weighted by atomic mass is 19.1. The van der Waals surface area contributed by atoms with E-state index in [4.69, 9.17) is 15.6 Å². The Labute approximate surface area is 204 Å². The third-order valence-electron chi connectivity index (χ3n) is 7.17. The molecule has 2 N–H and O–H groups in total. The Hall–Kier alpha value is -3.52. The normalized spacial score (nSPS) is 19.2. The molecule has 0 radical (unpaired) electrons. The molecule has 1 aliphatic heterocycles. The number of nitrogens with two attached hydrogens (primary N) is 1. The van der Waals surface area contributed by atoms with E-state index in [1.165, 1.54) is 6.33 Å². The number of hydrogen-bond donors (Lipinski definition) is 1. The molecule has 0 amide bonds. The highest BCUT2D eigenvalue weighted by molar-refractivity contribution is 5.98. The first-order valence-electron chi connectivity index (χ1n) is 12.1. The number of ether oxygens (including phenoxy) is 1. The minimum absolute atomic E-state index is 0.0389. The number of halogens is 1. The van der Waals surface area contributed by atoms with Crippen LogP contribution in [-0.2, 0) is 0 Å². The average molecular weight is 475 g/mol. The maximum Gasteiger partial charge on any atom is 0.164 e. The van der Waals surface area contributed by atoms with Gasteiger partial charge in [-0.1, -0.05) is 25.1 Å². The number of likely N-dealkylation sites (tertiary alicyclic amines) is 1. The van der Waals surface area contributed by atoms with Crippen molar-refractivity contribution >= 4 is 16.9 Å². The van der Waals surface area contributed by atoms with E-state index in [1.807, 2.05) is 54.6 Å². The number of aromatic nitrogens is 4. The Kier molecular flexibility index (Phi) is 6.15. The van der Waals surface area contributed by atoms with Crippen LogP contribution < -0.4 is 10.5 Å². The van der Waals surface area contributed by atoms with Crippen molar-refractivity contribution in [2.45, 2.75) is 51.4 Å². The molecular weight excluding hydrogens is 443 g/mol. The second-order valence-corrected chi connectivity index (χ2v) is 9.67. The maximum atomic E-state index is 15.6. The predicted molar refractivity (Wildman–Crippen MR) is 136 cm³/mol. The molecule has 3 heterocycles. The van der Waals surface area contributed by atoms with Gasteiger partial charge >= 0.3 is 0 Å². The first kappa shape index (κ1) is 23.2. The van der Waals surface area contributed by atoms with Crippen LogP contribution in [0.25, 0.3) is 22.3 Å². The lowest BCUT2D eigenvalue weighted by atomic mass is 9.93. The van der Waals surface area contributed by atoms with Crippen LogP contribution in [0.4, 0.5) is 10.2 Å². The van der Waals surface area contributed by atoms with Gasteiger partial charge in [0.2, 0.25) is 0 Å². The van der Waals surface area contributed by atoms with Gasteiger partial charge in [0.05, 0.1) is 11.4 Å². The Bertz CT molecular complexity index is 1300. The number of benzene rings is 2. The van der Waals surface area contributed by atoms with Gasteiger partial charge in [0.15, 0.2) is 5.65 Å². The molecule has 5 rings (SSSR count). The molecule has 2 aromatic carbocycles. The van der Waals surface area contributed by atoms with Crippen LogP contribution in [0.1, 0.15) is 39.7 Å². The van der Waals surface area contributed by atoms with Crippen molar-refractivity contribution in [2.24, 2.45) is 0 Å². The van der Waals surface area contributed by atoms with Crippen molar-refractivity contribution in [3.8, 4) is 22.8 Å². The van der Waals surface area contributed by atoms with Gasteiger partial charge in [-0.15, -0.1) is 0 Å². The van der Waals surface area contributed by atoms with Crippen LogP contribution in [0.3, 0.4) is 0 Å². The lowest BCUT2D eigenvalue weighted by Gasteiger charge is -2.44. The number of nitrogen functional groups attached to an aromatic ring is 1. The number of hydrogen-bond acceptors (Lipinski definition) is 6. The van der Waals surface area contributed by atoms with Crippen LogP contribution in [0.15, 0.2) is 60.9 Å². The fourth-order valence-electron chi connectivity index (χ4n) is 4.68. The fraction of sp³-hybridized carbons (Fsp3) is 0.370. The number of nitrogens with zero attached hydrogens (tertiary/aromatic N) is 5. The largest absolute Gasteiger partial charge is 0.457 e. The Morgan fingerprint density at radius 1 is 1.06 bits per heavy atom. The van der Waals surface area contributed by atoms with Crippen molar-refractivity contribution in [1.29, 1.82) is 0 Å². The summed E-state index contributed by atoms with van der Waals surface area (Å²) >= 11 is 0. The third kappa shape index (κ3) is 4.46. The fourth-order valence-corrected chi connectivity index (χ4v) is 4.68. The van der Waals surface area contributed by atoms with Crippen molar-refractivity contribution in [2.75, 3.05) is 18.8 Å². The van der Waals surface area contributed by atoms with Gasteiger partial charge in [-0.2, -0.15) is 5.10 Å². The first-order chi connectivity index (χ1) is 16.9. The molecule has 0 spiro atoms. The number of anilines is 1. The third-order valence-corrected chi connectivity index (χ3v) is 7.17. The second kappa shape index (κ2) is 9.26. The molecule has 0 aliphatic carbocycles. The van der Waals surface area contributed by atoms with Crippen molar-refractivity contribution in [1.82, 2.24) is 24.6 Å². The van der Waals surface area contributed by atoms with E-state index in [1.54, 1.807) is 4.68 Å². The summed E-state index contributed by atoms with van der Waals surface area (Å²) in [6.45, 7) is 7.65. The summed E-state index contributed by atoms with van der Waals surface area (Å²) in [6, 6.07) is 16.8. The summed E-state index contributed by atoms with van der Waals surface area (Å²) < 4.78 is 23.2. The van der Waals surface area contributed by atoms with Gasteiger partial charge < -0.3 is 10.5 Å². The summed E-state index contributed by atoms with van der Waals surface area (Å²) in [5.41, 5.74) is 8.28. The summed E-state index contributed by atoms with van der Waals surface area (Å²) in [6.07, 6.45) is 1.96. The summed E-state index contributed by atoms with van der Waals surface area (Å²) in [7, 11) is 0. The lowest BCUT2D eigenvalue weighted by Crippen LogP contribution is -2.52. The zero-order chi connectivity index (χ0) is 24.6. The van der Waals surface area contributed by atoms with E-state index in [9.17, 15) is 0 Å². The quantitative estimate of drug-likeness (QED) is 0.389. The smallest absolute Gasteiger partial charge is 0.164 e. The topological polar surface area (TPSA) is 82.1 Å². The minimum atomic E-state index is -1.07. The van der Waals surface area contributed by atoms with E-state index in [-0.39, 0.29) is 5.54 Å². The molecule has 0 saturated carbocycles. The number of rotatable bonds is 6. The highest BCUT2D eigenvalue weighted by Gasteiger charge is 2.38. The van der Waals surface area contributed by atoms with Crippen LogP contribution in [-0.4, -0.2) is 49.4 Å². The molecule has 7 nitrogen and oxygen atoms in total. The molecule has 2 aromatic heterocycles. The highest BCUT2D eigenvalue weighted by Crippen LogP contribution is 2.37. The van der Waals surface area contributed by atoms with Gasteiger partial charge in [-0.25, -0.2) is 19.0 Å². The molecule has 182 valence electrons. The van der Waals surface area contributed by atoms with Crippen LogP contribution in [0.5, 0.6) is 11.5 Å². The van der Waals surface area contributed by atoms with E-state index < -0.39 is 12.2 Å². The molecule has 1 saturated heterocycles. The lowest BCUT2D eigenvalue weighted by molar-refractivity contribution is 0.0201. The van der Waals surface area contributed by atoms with E-state index in [2.05, 4.69) is 35.6 Å². The second-order valence-electron chi connectivity index (χ2n) is 9.67. The van der Waals surface area contributed by atoms with Crippen molar-refractivity contribution < 1.29 is 9.13 Å². The van der Waals surface area contributed by atoms with Gasteiger partial charge in [-0.3, -0.25) is 4.90 Å². The van der Waals surface area contributed by atoms with Crippen molar-refractivity contribution in [3.63, 3.8) is 0 Å². The summed E-state index contributed by atoms with van der Waals surface area (Å²) in [4.78, 5) is 10.9. The number of fused-ring (bicyclic) bond motifs is 1. The zero-order valence-corrected chi connectivity index (χ0v) is 20.4. The molecular formula is C27H31FN6O. The van der Waals surface area contributed by atoms with Crippen molar-refractivity contribution in [3.05, 3.63) is 60.9 Å². The van der Waals surface area contributed by atoms with Crippen LogP contribution in [0, 0.1) is 0 Å². The number of alkyl halides is 1. The number of piperidine rings is 1. The summed E-state index contributed by atoms with van der Waals surface area (Å²) in [5, 5.41) is 5.50. The molecule has 2 atom stereocenters. The molecule has 1 aliphatic rings. The van der Waals surface area contributed by atoms with Gasteiger partial charge in [0.1, 0.15) is 35.5 Å². The molecule has 35 heavy (non-hydrogen) atoms. The average Bonchev–Trinajstić information content (AvgIpc) is 3.26. The van der Waals surface area contributed by atoms with E-state index >= 15 is 4.39 Å². The maximum absolute atomic E-state index is 15.6. The van der Waals surface area contributed by atoms with Gasteiger partial charge in [-0.05, 0) is 63.1 Å². The molecule has 1 fully saturated rings. The van der Waals surface area contributed by atoms with Crippen LogP contribution >= 0.6 is 0 Å².